The first-order chi connectivity index (χ1) is 9.52. The average Bonchev–Trinajstić information content (AvgIpc) is 2.82. The van der Waals surface area contributed by atoms with E-state index in [-0.39, 0.29) is 18.5 Å². The van der Waals surface area contributed by atoms with Gasteiger partial charge in [0.25, 0.3) is 0 Å². The van der Waals surface area contributed by atoms with Crippen LogP contribution in [0.3, 0.4) is 0 Å². The van der Waals surface area contributed by atoms with Gasteiger partial charge in [-0.25, -0.2) is 9.59 Å². The summed E-state index contributed by atoms with van der Waals surface area (Å²) in [5.74, 6) is -1.16. The highest BCUT2D eigenvalue weighted by Gasteiger charge is 2.39. The average molecular weight is 275 g/mol. The smallest absolute Gasteiger partial charge is 0.326 e. The zero-order valence-electron chi connectivity index (χ0n) is 10.5. The summed E-state index contributed by atoms with van der Waals surface area (Å²) >= 11 is 0. The molecule has 20 heavy (non-hydrogen) atoms. The number of urea groups is 1. The molecule has 0 radical (unpaired) electrons. The summed E-state index contributed by atoms with van der Waals surface area (Å²) in [7, 11) is 0. The van der Waals surface area contributed by atoms with E-state index in [1.165, 1.54) is 0 Å². The van der Waals surface area contributed by atoms with Crippen molar-refractivity contribution in [3.63, 3.8) is 0 Å². The SMILES string of the molecule is N#Cc1ccccc1NC(=O)N1CC(O)CC1C(=O)O. The number of aliphatic hydroxyl groups excluding tert-OH is 1. The fourth-order valence-corrected chi connectivity index (χ4v) is 2.15. The van der Waals surface area contributed by atoms with Gasteiger partial charge < -0.3 is 20.4 Å². The molecule has 2 atom stereocenters. The van der Waals surface area contributed by atoms with Crippen molar-refractivity contribution in [1.29, 1.82) is 5.26 Å². The molecule has 1 aliphatic heterocycles. The Kier molecular flexibility index (Phi) is 3.86. The van der Waals surface area contributed by atoms with Crippen molar-refractivity contribution in [2.24, 2.45) is 0 Å². The Bertz CT molecular complexity index is 581. The molecule has 2 unspecified atom stereocenters. The molecule has 1 fully saturated rings. The number of likely N-dealkylation sites (tertiary alicyclic amines) is 1. The number of anilines is 1. The summed E-state index contributed by atoms with van der Waals surface area (Å²) in [6.45, 7) is -0.0441. The van der Waals surface area contributed by atoms with Crippen LogP contribution in [0.4, 0.5) is 10.5 Å². The van der Waals surface area contributed by atoms with Gasteiger partial charge in [0.05, 0.1) is 17.4 Å². The van der Waals surface area contributed by atoms with E-state index in [4.69, 9.17) is 10.4 Å². The van der Waals surface area contributed by atoms with E-state index < -0.39 is 24.1 Å². The summed E-state index contributed by atoms with van der Waals surface area (Å²) in [4.78, 5) is 24.2. The van der Waals surface area contributed by atoms with E-state index in [1.807, 2.05) is 6.07 Å². The Balaban J connectivity index is 2.16. The lowest BCUT2D eigenvalue weighted by Crippen LogP contribution is -2.43. The number of hydrogen-bond donors (Lipinski definition) is 3. The van der Waals surface area contributed by atoms with Gasteiger partial charge in [0.2, 0.25) is 0 Å². The molecule has 2 amide bonds. The summed E-state index contributed by atoms with van der Waals surface area (Å²) in [6.07, 6.45) is -0.851. The molecule has 0 saturated carbocycles. The van der Waals surface area contributed by atoms with E-state index in [2.05, 4.69) is 5.32 Å². The normalized spacial score (nSPS) is 21.3. The van der Waals surface area contributed by atoms with E-state index in [1.54, 1.807) is 24.3 Å². The lowest BCUT2D eigenvalue weighted by molar-refractivity contribution is -0.141. The number of carbonyl (C=O) groups is 2. The van der Waals surface area contributed by atoms with E-state index in [9.17, 15) is 14.7 Å². The minimum absolute atomic E-state index is 0.00263. The number of para-hydroxylation sites is 1. The molecule has 0 bridgehead atoms. The van der Waals surface area contributed by atoms with Gasteiger partial charge in [-0.05, 0) is 12.1 Å². The quantitative estimate of drug-likeness (QED) is 0.731. The number of aliphatic hydroxyl groups is 1. The molecule has 0 aromatic heterocycles. The van der Waals surface area contributed by atoms with Gasteiger partial charge in [-0.1, -0.05) is 12.1 Å². The van der Waals surface area contributed by atoms with Crippen molar-refractivity contribution >= 4 is 17.7 Å². The highest BCUT2D eigenvalue weighted by Crippen LogP contribution is 2.21. The zero-order valence-corrected chi connectivity index (χ0v) is 10.5. The molecule has 1 saturated heterocycles. The van der Waals surface area contributed by atoms with Gasteiger partial charge >= 0.3 is 12.0 Å². The van der Waals surface area contributed by atoms with Crippen molar-refractivity contribution in [3.05, 3.63) is 29.8 Å². The molecule has 1 aliphatic rings. The van der Waals surface area contributed by atoms with Crippen molar-refractivity contribution in [2.45, 2.75) is 18.6 Å². The number of rotatable bonds is 2. The highest BCUT2D eigenvalue weighted by molar-refractivity contribution is 5.93. The van der Waals surface area contributed by atoms with Crippen molar-refractivity contribution in [1.82, 2.24) is 4.90 Å². The number of nitrogens with one attached hydrogen (secondary N) is 1. The van der Waals surface area contributed by atoms with Crippen molar-refractivity contribution in [2.75, 3.05) is 11.9 Å². The molecule has 1 aromatic rings. The molecular weight excluding hydrogens is 262 g/mol. The maximum absolute atomic E-state index is 12.1. The number of carbonyl (C=O) groups excluding carboxylic acids is 1. The van der Waals surface area contributed by atoms with Crippen LogP contribution in [0, 0.1) is 11.3 Å². The molecule has 7 nitrogen and oxygen atoms in total. The van der Waals surface area contributed by atoms with Crippen molar-refractivity contribution < 1.29 is 19.8 Å². The largest absolute Gasteiger partial charge is 0.480 e. The van der Waals surface area contributed by atoms with E-state index >= 15 is 0 Å². The van der Waals surface area contributed by atoms with Crippen molar-refractivity contribution in [3.8, 4) is 6.07 Å². The number of aliphatic carboxylic acids is 1. The third kappa shape index (κ3) is 2.70. The highest BCUT2D eigenvalue weighted by atomic mass is 16.4. The molecule has 0 spiro atoms. The second kappa shape index (κ2) is 5.59. The second-order valence-electron chi connectivity index (χ2n) is 4.48. The van der Waals surface area contributed by atoms with Crippen LogP contribution in [0.15, 0.2) is 24.3 Å². The number of amides is 2. The van der Waals surface area contributed by atoms with Crippen LogP contribution >= 0.6 is 0 Å². The molecule has 2 rings (SSSR count). The first-order valence-corrected chi connectivity index (χ1v) is 6.00. The van der Waals surface area contributed by atoms with Crippen LogP contribution in [0.1, 0.15) is 12.0 Å². The summed E-state index contributed by atoms with van der Waals surface area (Å²) in [5.41, 5.74) is 0.595. The predicted molar refractivity (Wildman–Crippen MR) is 68.9 cm³/mol. The van der Waals surface area contributed by atoms with Crippen LogP contribution < -0.4 is 5.32 Å². The van der Waals surface area contributed by atoms with Crippen LogP contribution in [0.25, 0.3) is 0 Å². The third-order valence-electron chi connectivity index (χ3n) is 3.11. The standard InChI is InChI=1S/C13H13N3O4/c14-6-8-3-1-2-4-10(8)15-13(20)16-7-9(17)5-11(16)12(18)19/h1-4,9,11,17H,5,7H2,(H,15,20)(H,18,19). The monoisotopic (exact) mass is 275 g/mol. The maximum atomic E-state index is 12.1. The number of hydrogen-bond acceptors (Lipinski definition) is 4. The first kappa shape index (κ1) is 13.8. The molecule has 7 heteroatoms. The van der Waals surface area contributed by atoms with Gasteiger partial charge in [0, 0.05) is 13.0 Å². The Morgan fingerprint density at radius 1 is 1.40 bits per heavy atom. The summed E-state index contributed by atoms with van der Waals surface area (Å²) < 4.78 is 0. The summed E-state index contributed by atoms with van der Waals surface area (Å²) in [6, 6.07) is 6.65. The maximum Gasteiger partial charge on any atom is 0.326 e. The summed E-state index contributed by atoms with van der Waals surface area (Å²) in [5, 5.41) is 30.0. The Hall–Kier alpha value is -2.59. The minimum Gasteiger partial charge on any atom is -0.480 e. The van der Waals surface area contributed by atoms with Crippen LogP contribution in [0.2, 0.25) is 0 Å². The Morgan fingerprint density at radius 2 is 2.10 bits per heavy atom. The molecule has 1 heterocycles. The third-order valence-corrected chi connectivity index (χ3v) is 3.11. The minimum atomic E-state index is -1.16. The lowest BCUT2D eigenvalue weighted by Gasteiger charge is -2.21. The fourth-order valence-electron chi connectivity index (χ4n) is 2.15. The number of nitriles is 1. The Morgan fingerprint density at radius 3 is 2.75 bits per heavy atom. The number of nitrogens with zero attached hydrogens (tertiary/aromatic N) is 2. The van der Waals surface area contributed by atoms with Crippen LogP contribution in [-0.4, -0.2) is 45.8 Å². The predicted octanol–water partition coefficient (Wildman–Crippen LogP) is 0.610. The molecule has 104 valence electrons. The number of carboxylic acids is 1. The fraction of sp³-hybridized carbons (Fsp3) is 0.308. The molecular formula is C13H13N3O4. The van der Waals surface area contributed by atoms with Gasteiger partial charge in [0.1, 0.15) is 12.1 Å². The van der Waals surface area contributed by atoms with E-state index in [0.717, 1.165) is 4.90 Å². The van der Waals surface area contributed by atoms with Gasteiger partial charge in [-0.15, -0.1) is 0 Å². The topological polar surface area (TPSA) is 114 Å². The zero-order chi connectivity index (χ0) is 14.7. The van der Waals surface area contributed by atoms with Crippen LogP contribution in [-0.2, 0) is 4.79 Å². The number of carboxylic acid groups (broad SMARTS) is 1. The molecule has 1 aromatic carbocycles. The van der Waals surface area contributed by atoms with Gasteiger partial charge in [-0.3, -0.25) is 0 Å². The van der Waals surface area contributed by atoms with Gasteiger partial charge in [0.15, 0.2) is 0 Å². The number of benzene rings is 1. The lowest BCUT2D eigenvalue weighted by atomic mass is 10.2. The van der Waals surface area contributed by atoms with Crippen LogP contribution in [0.5, 0.6) is 0 Å². The van der Waals surface area contributed by atoms with E-state index in [0.29, 0.717) is 5.69 Å². The Labute approximate surface area is 115 Å². The number of β-amino-alcohol motifs (C(OH)–C–C–N with tert-alkyl or cyclic N) is 1. The van der Waals surface area contributed by atoms with Gasteiger partial charge in [-0.2, -0.15) is 5.26 Å². The molecule has 0 aliphatic carbocycles. The molecule has 3 N–H and O–H groups in total. The first-order valence-electron chi connectivity index (χ1n) is 6.00. The second-order valence-corrected chi connectivity index (χ2v) is 4.48.